The van der Waals surface area contributed by atoms with Gasteiger partial charge in [-0.2, -0.15) is 0 Å². The summed E-state index contributed by atoms with van der Waals surface area (Å²) in [5.74, 6) is -0.491. The quantitative estimate of drug-likeness (QED) is 0.758. The van der Waals surface area contributed by atoms with Gasteiger partial charge in [-0.15, -0.1) is 0 Å². The summed E-state index contributed by atoms with van der Waals surface area (Å²) in [6, 6.07) is 12.5. The molecule has 0 unspecified atom stereocenters. The minimum atomic E-state index is -0.303. The van der Waals surface area contributed by atoms with Crippen molar-refractivity contribution < 1.29 is 9.59 Å². The molecule has 2 aromatic carbocycles. The van der Waals surface area contributed by atoms with E-state index in [1.807, 2.05) is 18.2 Å². The van der Waals surface area contributed by atoms with Gasteiger partial charge in [-0.05, 0) is 61.8 Å². The Labute approximate surface area is 175 Å². The van der Waals surface area contributed by atoms with Crippen LogP contribution in [0.5, 0.6) is 0 Å². The molecule has 2 amide bonds. The number of likely N-dealkylation sites (N-methyl/N-ethyl adjacent to an activating group) is 1. The Morgan fingerprint density at radius 3 is 2.54 bits per heavy atom. The Kier molecular flexibility index (Phi) is 6.94. The molecule has 2 aromatic rings. The summed E-state index contributed by atoms with van der Waals surface area (Å²) in [7, 11) is 1.61. The van der Waals surface area contributed by atoms with E-state index in [4.69, 9.17) is 23.2 Å². The number of amides is 2. The number of carbonyl (C=O) groups excluding carboxylic acids is 2. The molecule has 0 radical (unpaired) electrons. The fourth-order valence-electron chi connectivity index (χ4n) is 3.28. The lowest BCUT2D eigenvalue weighted by Crippen LogP contribution is -2.35. The fraction of sp³-hybridized carbons (Fsp3) is 0.333. The monoisotopic (exact) mass is 419 g/mol. The largest absolute Gasteiger partial charge is 0.332 e. The van der Waals surface area contributed by atoms with E-state index < -0.39 is 0 Å². The number of rotatable bonds is 6. The summed E-state index contributed by atoms with van der Waals surface area (Å²) in [6.45, 7) is 3.00. The van der Waals surface area contributed by atoms with Crippen LogP contribution in [0.4, 0.5) is 5.69 Å². The van der Waals surface area contributed by atoms with Gasteiger partial charge >= 0.3 is 0 Å². The fourth-order valence-corrected chi connectivity index (χ4v) is 3.58. The lowest BCUT2D eigenvalue weighted by atomic mass is 10.1. The first-order valence-corrected chi connectivity index (χ1v) is 9.99. The molecule has 7 heteroatoms. The van der Waals surface area contributed by atoms with Crippen molar-refractivity contribution in [3.63, 3.8) is 0 Å². The number of halogens is 2. The first-order chi connectivity index (χ1) is 13.4. The molecule has 1 fully saturated rings. The van der Waals surface area contributed by atoms with Crippen LogP contribution in [-0.4, -0.2) is 48.3 Å². The van der Waals surface area contributed by atoms with E-state index in [2.05, 4.69) is 10.2 Å². The second-order valence-corrected chi connectivity index (χ2v) is 7.84. The Morgan fingerprint density at radius 2 is 1.82 bits per heavy atom. The molecule has 1 aliphatic heterocycles. The van der Waals surface area contributed by atoms with Crippen LogP contribution in [0.2, 0.25) is 10.0 Å². The predicted octanol–water partition coefficient (Wildman–Crippen LogP) is 4.30. The van der Waals surface area contributed by atoms with Crippen LogP contribution in [-0.2, 0) is 11.3 Å². The van der Waals surface area contributed by atoms with E-state index >= 15 is 0 Å². The minimum absolute atomic E-state index is 0.0601. The van der Waals surface area contributed by atoms with Crippen LogP contribution in [0.25, 0.3) is 0 Å². The normalized spacial score (nSPS) is 14.1. The molecule has 1 aliphatic rings. The standard InChI is InChI=1S/C21H23Cl2N3O2/c1-25(14-20(27)24-17-7-8-18(22)19(23)12-17)21(28)16-6-4-5-15(11-16)13-26-9-2-3-10-26/h4-8,11-12H,2-3,9-10,13-14H2,1H3,(H,24,27). The highest BCUT2D eigenvalue weighted by Crippen LogP contribution is 2.25. The van der Waals surface area contributed by atoms with Crippen molar-refractivity contribution in [2.45, 2.75) is 19.4 Å². The molecule has 28 heavy (non-hydrogen) atoms. The number of hydrogen-bond donors (Lipinski definition) is 1. The van der Waals surface area contributed by atoms with Crippen molar-refractivity contribution in [1.82, 2.24) is 9.80 Å². The highest BCUT2D eigenvalue weighted by atomic mass is 35.5. The van der Waals surface area contributed by atoms with E-state index in [1.165, 1.54) is 17.7 Å². The zero-order valence-electron chi connectivity index (χ0n) is 15.8. The van der Waals surface area contributed by atoms with E-state index in [0.717, 1.165) is 25.2 Å². The summed E-state index contributed by atoms with van der Waals surface area (Å²) in [4.78, 5) is 28.8. The third-order valence-corrected chi connectivity index (χ3v) is 5.45. The highest BCUT2D eigenvalue weighted by molar-refractivity contribution is 6.42. The number of hydrogen-bond acceptors (Lipinski definition) is 3. The average molecular weight is 420 g/mol. The Bertz CT molecular complexity index is 866. The van der Waals surface area contributed by atoms with Crippen molar-refractivity contribution in [3.05, 3.63) is 63.6 Å². The molecule has 0 saturated carbocycles. The number of nitrogens with zero attached hydrogens (tertiary/aromatic N) is 2. The predicted molar refractivity (Wildman–Crippen MR) is 113 cm³/mol. The Hall–Kier alpha value is -2.08. The topological polar surface area (TPSA) is 52.7 Å². The molecule has 3 rings (SSSR count). The third kappa shape index (κ3) is 5.47. The summed E-state index contributed by atoms with van der Waals surface area (Å²) in [5, 5.41) is 3.50. The van der Waals surface area contributed by atoms with Crippen molar-refractivity contribution in [3.8, 4) is 0 Å². The van der Waals surface area contributed by atoms with Gasteiger partial charge < -0.3 is 10.2 Å². The SMILES string of the molecule is CN(CC(=O)Nc1ccc(Cl)c(Cl)c1)C(=O)c1cccc(CN2CCCC2)c1. The summed E-state index contributed by atoms with van der Waals surface area (Å²) >= 11 is 11.8. The second kappa shape index (κ2) is 9.41. The number of nitrogens with one attached hydrogen (secondary N) is 1. The Balaban J connectivity index is 1.58. The van der Waals surface area contributed by atoms with Gasteiger partial charge in [0.25, 0.3) is 5.91 Å². The van der Waals surface area contributed by atoms with Crippen LogP contribution in [0.15, 0.2) is 42.5 Å². The van der Waals surface area contributed by atoms with Crippen molar-refractivity contribution >= 4 is 40.7 Å². The zero-order chi connectivity index (χ0) is 20.1. The van der Waals surface area contributed by atoms with Crippen molar-refractivity contribution in [1.29, 1.82) is 0 Å². The molecule has 0 atom stereocenters. The van der Waals surface area contributed by atoms with Crippen LogP contribution in [0, 0.1) is 0 Å². The molecule has 0 aliphatic carbocycles. The summed E-state index contributed by atoms with van der Waals surface area (Å²) < 4.78 is 0. The van der Waals surface area contributed by atoms with E-state index in [9.17, 15) is 9.59 Å². The molecule has 5 nitrogen and oxygen atoms in total. The Morgan fingerprint density at radius 1 is 1.07 bits per heavy atom. The number of anilines is 1. The first-order valence-electron chi connectivity index (χ1n) is 9.24. The lowest BCUT2D eigenvalue weighted by molar-refractivity contribution is -0.116. The number of carbonyl (C=O) groups is 2. The molecular weight excluding hydrogens is 397 g/mol. The van der Waals surface area contributed by atoms with Gasteiger partial charge in [0.05, 0.1) is 16.6 Å². The van der Waals surface area contributed by atoms with E-state index in [-0.39, 0.29) is 18.4 Å². The average Bonchev–Trinajstić information content (AvgIpc) is 3.17. The van der Waals surface area contributed by atoms with Gasteiger partial charge in [-0.3, -0.25) is 14.5 Å². The first kappa shape index (κ1) is 20.6. The second-order valence-electron chi connectivity index (χ2n) is 7.02. The van der Waals surface area contributed by atoms with Crippen LogP contribution in [0.1, 0.15) is 28.8 Å². The molecule has 0 spiro atoms. The molecule has 1 N–H and O–H groups in total. The van der Waals surface area contributed by atoms with Gasteiger partial charge in [-0.1, -0.05) is 35.3 Å². The van der Waals surface area contributed by atoms with Gasteiger partial charge in [0.1, 0.15) is 0 Å². The maximum absolute atomic E-state index is 12.7. The van der Waals surface area contributed by atoms with Crippen LogP contribution >= 0.6 is 23.2 Å². The van der Waals surface area contributed by atoms with Gasteiger partial charge in [0, 0.05) is 24.8 Å². The maximum atomic E-state index is 12.7. The smallest absolute Gasteiger partial charge is 0.254 e. The maximum Gasteiger partial charge on any atom is 0.254 e. The van der Waals surface area contributed by atoms with Crippen molar-refractivity contribution in [2.24, 2.45) is 0 Å². The molecule has 0 bridgehead atoms. The van der Waals surface area contributed by atoms with E-state index in [0.29, 0.717) is 21.3 Å². The summed E-state index contributed by atoms with van der Waals surface area (Å²) in [6.07, 6.45) is 2.46. The molecule has 0 aromatic heterocycles. The summed E-state index contributed by atoms with van der Waals surface area (Å²) in [5.41, 5.74) is 2.23. The third-order valence-electron chi connectivity index (χ3n) is 4.71. The molecule has 1 saturated heterocycles. The van der Waals surface area contributed by atoms with E-state index in [1.54, 1.807) is 31.3 Å². The van der Waals surface area contributed by atoms with Gasteiger partial charge in [0.15, 0.2) is 0 Å². The van der Waals surface area contributed by atoms with Crippen LogP contribution in [0.3, 0.4) is 0 Å². The molecule has 1 heterocycles. The zero-order valence-corrected chi connectivity index (χ0v) is 17.3. The van der Waals surface area contributed by atoms with Crippen molar-refractivity contribution in [2.75, 3.05) is 32.0 Å². The molecule has 148 valence electrons. The lowest BCUT2D eigenvalue weighted by Gasteiger charge is -2.18. The van der Waals surface area contributed by atoms with Gasteiger partial charge in [-0.25, -0.2) is 0 Å². The van der Waals surface area contributed by atoms with Crippen LogP contribution < -0.4 is 5.32 Å². The number of likely N-dealkylation sites (tertiary alicyclic amines) is 1. The minimum Gasteiger partial charge on any atom is -0.332 e. The van der Waals surface area contributed by atoms with Gasteiger partial charge in [0.2, 0.25) is 5.91 Å². The molecular formula is C21H23Cl2N3O2. The highest BCUT2D eigenvalue weighted by Gasteiger charge is 2.17. The number of benzene rings is 2.